The van der Waals surface area contributed by atoms with E-state index in [2.05, 4.69) is 53.7 Å². The molecule has 29 heavy (non-hydrogen) atoms. The second-order valence-electron chi connectivity index (χ2n) is 8.20. The zero-order valence-corrected chi connectivity index (χ0v) is 16.9. The van der Waals surface area contributed by atoms with Crippen molar-refractivity contribution in [2.75, 3.05) is 0 Å². The zero-order valence-electron chi connectivity index (χ0n) is 16.9. The van der Waals surface area contributed by atoms with Crippen LogP contribution in [0.4, 0.5) is 4.39 Å². The number of alkyl halides is 1. The van der Waals surface area contributed by atoms with Gasteiger partial charge in [-0.1, -0.05) is 80.6 Å². The van der Waals surface area contributed by atoms with Crippen molar-refractivity contribution >= 4 is 0 Å². The third-order valence-corrected chi connectivity index (χ3v) is 6.07. The minimum Gasteiger partial charge on any atom is -0.299 e. The average molecular weight is 382 g/mol. The van der Waals surface area contributed by atoms with Crippen LogP contribution >= 0.6 is 0 Å². The molecular weight excluding hydrogens is 359 g/mol. The highest BCUT2D eigenvalue weighted by molar-refractivity contribution is 5.85. The van der Waals surface area contributed by atoms with Crippen molar-refractivity contribution in [2.24, 2.45) is 0 Å². The number of aromatic nitrogens is 2. The number of hydrogen-bond acceptors (Lipinski definition) is 1. The van der Waals surface area contributed by atoms with Gasteiger partial charge < -0.3 is 0 Å². The topological polar surface area (TPSA) is 17.8 Å². The van der Waals surface area contributed by atoms with Crippen LogP contribution in [0.3, 0.4) is 0 Å². The molecule has 5 rings (SSSR count). The maximum absolute atomic E-state index is 14.8. The van der Waals surface area contributed by atoms with E-state index in [4.69, 9.17) is 0 Å². The molecule has 0 saturated heterocycles. The molecule has 1 aromatic heterocycles. The zero-order chi connectivity index (χ0) is 20.2. The Morgan fingerprint density at radius 3 is 2.38 bits per heavy atom. The van der Waals surface area contributed by atoms with E-state index in [9.17, 15) is 4.39 Å². The lowest BCUT2D eigenvalue weighted by Gasteiger charge is -2.27. The fourth-order valence-corrected chi connectivity index (χ4v) is 4.73. The second-order valence-corrected chi connectivity index (χ2v) is 8.20. The lowest BCUT2D eigenvalue weighted by molar-refractivity contribution is 0.373. The number of hydrogen-bond donors (Lipinski definition) is 0. The molecule has 1 heterocycles. The van der Waals surface area contributed by atoms with Gasteiger partial charge in [0, 0.05) is 28.9 Å². The Labute approximate surface area is 170 Å². The highest BCUT2D eigenvalue weighted by atomic mass is 19.1. The summed E-state index contributed by atoms with van der Waals surface area (Å²) < 4.78 is 16.9. The number of nitrogens with zero attached hydrogens (tertiary/aromatic N) is 2. The third kappa shape index (κ3) is 2.57. The van der Waals surface area contributed by atoms with Crippen molar-refractivity contribution in [3.8, 4) is 28.2 Å². The SMILES string of the molecule is CC(F)c1ccc2c(c1-n1ccnc1-c1ccccc1)C(C)(C)c1ccccc1-2. The van der Waals surface area contributed by atoms with Crippen molar-refractivity contribution in [2.45, 2.75) is 32.4 Å². The lowest BCUT2D eigenvalue weighted by atomic mass is 9.80. The molecule has 0 radical (unpaired) electrons. The van der Waals surface area contributed by atoms with Gasteiger partial charge in [-0.15, -0.1) is 0 Å². The predicted octanol–water partition coefficient (Wildman–Crippen LogP) is 6.88. The minimum atomic E-state index is -1.08. The van der Waals surface area contributed by atoms with Crippen LogP contribution in [0, 0.1) is 0 Å². The number of imidazole rings is 1. The molecule has 0 aliphatic heterocycles. The van der Waals surface area contributed by atoms with Gasteiger partial charge in [0.1, 0.15) is 12.0 Å². The Balaban J connectivity index is 1.86. The van der Waals surface area contributed by atoms with Gasteiger partial charge in [0.15, 0.2) is 0 Å². The molecular formula is C26H23FN2. The lowest BCUT2D eigenvalue weighted by Crippen LogP contribution is -2.19. The van der Waals surface area contributed by atoms with Crippen LogP contribution in [0.1, 0.15) is 43.6 Å². The summed E-state index contributed by atoms with van der Waals surface area (Å²) in [6, 6.07) is 22.6. The molecule has 0 bridgehead atoms. The van der Waals surface area contributed by atoms with Gasteiger partial charge in [0.05, 0.1) is 5.69 Å². The van der Waals surface area contributed by atoms with Gasteiger partial charge >= 0.3 is 0 Å². The Bertz CT molecular complexity index is 1200. The summed E-state index contributed by atoms with van der Waals surface area (Å²) in [7, 11) is 0. The van der Waals surface area contributed by atoms with Crippen LogP contribution in [0.25, 0.3) is 28.2 Å². The fourth-order valence-electron chi connectivity index (χ4n) is 4.73. The highest BCUT2D eigenvalue weighted by Gasteiger charge is 2.39. The van der Waals surface area contributed by atoms with E-state index in [1.54, 1.807) is 13.1 Å². The van der Waals surface area contributed by atoms with Crippen LogP contribution < -0.4 is 0 Å². The molecule has 1 unspecified atom stereocenters. The summed E-state index contributed by atoms with van der Waals surface area (Å²) >= 11 is 0. The van der Waals surface area contributed by atoms with E-state index >= 15 is 0 Å². The summed E-state index contributed by atoms with van der Waals surface area (Å²) in [6.07, 6.45) is 2.66. The number of benzene rings is 3. The molecule has 144 valence electrons. The van der Waals surface area contributed by atoms with Crippen LogP contribution in [0.15, 0.2) is 79.1 Å². The second kappa shape index (κ2) is 6.41. The van der Waals surface area contributed by atoms with E-state index in [1.165, 1.54) is 16.7 Å². The van der Waals surface area contributed by atoms with Gasteiger partial charge in [-0.3, -0.25) is 4.57 Å². The summed E-state index contributed by atoms with van der Waals surface area (Å²) in [5.41, 5.74) is 7.24. The van der Waals surface area contributed by atoms with Gasteiger partial charge in [0.25, 0.3) is 0 Å². The quantitative estimate of drug-likeness (QED) is 0.378. The Morgan fingerprint density at radius 2 is 1.62 bits per heavy atom. The van der Waals surface area contributed by atoms with Crippen molar-refractivity contribution < 1.29 is 4.39 Å². The number of fused-ring (bicyclic) bond motifs is 3. The van der Waals surface area contributed by atoms with Crippen molar-refractivity contribution in [3.05, 3.63) is 95.8 Å². The van der Waals surface area contributed by atoms with E-state index in [-0.39, 0.29) is 5.41 Å². The maximum Gasteiger partial charge on any atom is 0.144 e. The van der Waals surface area contributed by atoms with E-state index in [0.717, 1.165) is 22.6 Å². The smallest absolute Gasteiger partial charge is 0.144 e. The average Bonchev–Trinajstić information content (AvgIpc) is 3.30. The molecule has 3 heteroatoms. The first-order valence-corrected chi connectivity index (χ1v) is 10.0. The Morgan fingerprint density at radius 1 is 0.897 bits per heavy atom. The van der Waals surface area contributed by atoms with Crippen LogP contribution in [-0.2, 0) is 5.41 Å². The normalized spacial score (nSPS) is 15.0. The van der Waals surface area contributed by atoms with E-state index in [0.29, 0.717) is 5.56 Å². The number of halogens is 1. The molecule has 3 aromatic carbocycles. The minimum absolute atomic E-state index is 0.232. The summed E-state index contributed by atoms with van der Waals surface area (Å²) in [4.78, 5) is 4.63. The molecule has 0 spiro atoms. The van der Waals surface area contributed by atoms with Crippen LogP contribution in [0.5, 0.6) is 0 Å². The monoisotopic (exact) mass is 382 g/mol. The molecule has 4 aromatic rings. The standard InChI is InChI=1S/C26H23FN2/c1-17(27)19-13-14-21-20-11-7-8-12-22(20)26(2,3)23(21)24(19)29-16-15-28-25(29)18-9-5-4-6-10-18/h4-17H,1-3H3. The molecule has 1 aliphatic carbocycles. The summed E-state index contributed by atoms with van der Waals surface area (Å²) in [5.74, 6) is 0.827. The first-order valence-electron chi connectivity index (χ1n) is 10.0. The molecule has 0 saturated carbocycles. The van der Waals surface area contributed by atoms with Crippen molar-refractivity contribution in [1.29, 1.82) is 0 Å². The summed E-state index contributed by atoms with van der Waals surface area (Å²) in [5, 5.41) is 0. The predicted molar refractivity (Wildman–Crippen MR) is 116 cm³/mol. The Hall–Kier alpha value is -3.20. The van der Waals surface area contributed by atoms with Gasteiger partial charge in [0.2, 0.25) is 0 Å². The molecule has 0 fully saturated rings. The molecule has 1 aliphatic rings. The maximum atomic E-state index is 14.8. The molecule has 0 N–H and O–H groups in total. The number of rotatable bonds is 3. The largest absolute Gasteiger partial charge is 0.299 e. The van der Waals surface area contributed by atoms with Crippen molar-refractivity contribution in [1.82, 2.24) is 9.55 Å². The molecule has 1 atom stereocenters. The Kier molecular flexibility index (Phi) is 3.95. The van der Waals surface area contributed by atoms with E-state index in [1.807, 2.05) is 42.6 Å². The van der Waals surface area contributed by atoms with Crippen LogP contribution in [-0.4, -0.2) is 9.55 Å². The molecule has 0 amide bonds. The van der Waals surface area contributed by atoms with Crippen molar-refractivity contribution in [3.63, 3.8) is 0 Å². The fraction of sp³-hybridized carbons (Fsp3) is 0.192. The van der Waals surface area contributed by atoms with Gasteiger partial charge in [-0.25, -0.2) is 9.37 Å². The van der Waals surface area contributed by atoms with Crippen LogP contribution in [0.2, 0.25) is 0 Å². The summed E-state index contributed by atoms with van der Waals surface area (Å²) in [6.45, 7) is 6.07. The first kappa shape index (κ1) is 17.9. The third-order valence-electron chi connectivity index (χ3n) is 6.07. The molecule has 2 nitrogen and oxygen atoms in total. The first-order chi connectivity index (χ1) is 14.0. The van der Waals surface area contributed by atoms with Gasteiger partial charge in [-0.05, 0) is 29.2 Å². The highest BCUT2D eigenvalue weighted by Crippen LogP contribution is 2.52. The van der Waals surface area contributed by atoms with E-state index < -0.39 is 6.17 Å². The van der Waals surface area contributed by atoms with Gasteiger partial charge in [-0.2, -0.15) is 0 Å².